The summed E-state index contributed by atoms with van der Waals surface area (Å²) in [6.45, 7) is 8.84. The van der Waals surface area contributed by atoms with Crippen LogP contribution in [0.25, 0.3) is 0 Å². The first-order valence-electron chi connectivity index (χ1n) is 8.12. The first-order chi connectivity index (χ1) is 9.60. The zero-order valence-corrected chi connectivity index (χ0v) is 13.6. The molecule has 0 saturated heterocycles. The molecule has 2 rings (SSSR count). The van der Waals surface area contributed by atoms with Crippen LogP contribution in [0.1, 0.15) is 55.3 Å². The maximum absolute atomic E-state index is 3.73. The van der Waals surface area contributed by atoms with Crippen LogP contribution in [0.3, 0.4) is 0 Å². The van der Waals surface area contributed by atoms with E-state index in [4.69, 9.17) is 0 Å². The van der Waals surface area contributed by atoms with Crippen LogP contribution in [0.15, 0.2) is 18.2 Å². The molecule has 1 aliphatic carbocycles. The highest BCUT2D eigenvalue weighted by molar-refractivity contribution is 5.31. The van der Waals surface area contributed by atoms with Gasteiger partial charge in [0.15, 0.2) is 0 Å². The Morgan fingerprint density at radius 1 is 1.20 bits per heavy atom. The number of hydrogen-bond donors (Lipinski definition) is 1. The van der Waals surface area contributed by atoms with Crippen molar-refractivity contribution in [3.63, 3.8) is 0 Å². The van der Waals surface area contributed by atoms with Crippen LogP contribution < -0.4 is 5.32 Å². The monoisotopic (exact) mass is 274 g/mol. The number of benzene rings is 1. The summed E-state index contributed by atoms with van der Waals surface area (Å²) in [6.07, 6.45) is 5.35. The van der Waals surface area contributed by atoms with Gasteiger partial charge in [-0.15, -0.1) is 0 Å². The summed E-state index contributed by atoms with van der Waals surface area (Å²) in [5.41, 5.74) is 4.19. The van der Waals surface area contributed by atoms with Gasteiger partial charge in [-0.3, -0.25) is 0 Å². The third kappa shape index (κ3) is 4.07. The minimum absolute atomic E-state index is 0.458. The molecule has 1 saturated carbocycles. The maximum Gasteiger partial charge on any atom is 0.0449 e. The number of nitrogens with one attached hydrogen (secondary N) is 1. The Morgan fingerprint density at radius 2 is 1.85 bits per heavy atom. The second kappa shape index (κ2) is 7.24. The molecule has 2 nitrogen and oxygen atoms in total. The molecule has 1 aromatic carbocycles. The highest BCUT2D eigenvalue weighted by atomic mass is 15.2. The van der Waals surface area contributed by atoms with Gasteiger partial charge in [0, 0.05) is 18.6 Å². The molecule has 1 fully saturated rings. The number of nitrogens with zero attached hydrogens (tertiary/aromatic N) is 1. The van der Waals surface area contributed by atoms with Gasteiger partial charge >= 0.3 is 0 Å². The van der Waals surface area contributed by atoms with Crippen molar-refractivity contribution < 1.29 is 0 Å². The molecule has 0 bridgehead atoms. The van der Waals surface area contributed by atoms with Gasteiger partial charge in [-0.2, -0.15) is 0 Å². The van der Waals surface area contributed by atoms with Crippen LogP contribution in [0.5, 0.6) is 0 Å². The molecule has 1 N–H and O–H groups in total. The maximum atomic E-state index is 3.73. The number of hydrogen-bond acceptors (Lipinski definition) is 2. The van der Waals surface area contributed by atoms with E-state index >= 15 is 0 Å². The Labute approximate surface area is 124 Å². The Hall–Kier alpha value is -0.860. The SMILES string of the molecule is CCCNC(CN(C)C1CCC1)c1cc(C)cc(C)c1. The first-order valence-corrected chi connectivity index (χ1v) is 8.12. The third-order valence-electron chi connectivity index (χ3n) is 4.46. The van der Waals surface area contributed by atoms with Gasteiger partial charge < -0.3 is 10.2 Å². The fourth-order valence-electron chi connectivity index (χ4n) is 3.08. The van der Waals surface area contributed by atoms with E-state index in [9.17, 15) is 0 Å². The molecule has 1 aromatic rings. The van der Waals surface area contributed by atoms with Crippen LogP contribution in [0.4, 0.5) is 0 Å². The molecular formula is C18H30N2. The van der Waals surface area contributed by atoms with E-state index in [1.807, 2.05) is 0 Å². The zero-order chi connectivity index (χ0) is 14.5. The van der Waals surface area contributed by atoms with Gasteiger partial charge in [0.2, 0.25) is 0 Å². The smallest absolute Gasteiger partial charge is 0.0449 e. The Kier molecular flexibility index (Phi) is 5.62. The van der Waals surface area contributed by atoms with Crippen molar-refractivity contribution in [2.24, 2.45) is 0 Å². The molecule has 0 aromatic heterocycles. The minimum Gasteiger partial charge on any atom is -0.309 e. The Morgan fingerprint density at radius 3 is 2.35 bits per heavy atom. The standard InChI is InChI=1S/C18H30N2/c1-5-9-19-18(13-20(4)17-7-6-8-17)16-11-14(2)10-15(3)12-16/h10-12,17-19H,5-9,13H2,1-4H3. The lowest BCUT2D eigenvalue weighted by atomic mass is 9.91. The summed E-state index contributed by atoms with van der Waals surface area (Å²) in [4.78, 5) is 2.55. The van der Waals surface area contributed by atoms with Gasteiger partial charge in [0.05, 0.1) is 0 Å². The van der Waals surface area contributed by atoms with Gasteiger partial charge in [0.1, 0.15) is 0 Å². The molecule has 0 spiro atoms. The number of aryl methyl sites for hydroxylation is 2. The number of rotatable bonds is 7. The van der Waals surface area contributed by atoms with Crippen LogP contribution in [0, 0.1) is 13.8 Å². The second-order valence-electron chi connectivity index (χ2n) is 6.45. The molecular weight excluding hydrogens is 244 g/mol. The lowest BCUT2D eigenvalue weighted by molar-refractivity contribution is 0.145. The van der Waals surface area contributed by atoms with Crippen molar-refractivity contribution >= 4 is 0 Å². The van der Waals surface area contributed by atoms with E-state index in [2.05, 4.69) is 56.2 Å². The summed E-state index contributed by atoms with van der Waals surface area (Å²) in [5, 5.41) is 3.73. The molecule has 0 heterocycles. The van der Waals surface area contributed by atoms with E-state index in [1.54, 1.807) is 0 Å². The molecule has 2 heteroatoms. The normalized spacial score (nSPS) is 17.2. The van der Waals surface area contributed by atoms with Crippen molar-refractivity contribution in [3.05, 3.63) is 34.9 Å². The predicted octanol–water partition coefficient (Wildman–Crippen LogP) is 3.83. The molecule has 0 amide bonds. The van der Waals surface area contributed by atoms with Crippen molar-refractivity contribution in [3.8, 4) is 0 Å². The van der Waals surface area contributed by atoms with Gasteiger partial charge in [-0.05, 0) is 52.3 Å². The summed E-state index contributed by atoms with van der Waals surface area (Å²) in [5.74, 6) is 0. The van der Waals surface area contributed by atoms with Gasteiger partial charge in [0.25, 0.3) is 0 Å². The van der Waals surface area contributed by atoms with E-state index < -0.39 is 0 Å². The topological polar surface area (TPSA) is 15.3 Å². The van der Waals surface area contributed by atoms with Crippen molar-refractivity contribution in [1.82, 2.24) is 10.2 Å². The molecule has 112 valence electrons. The van der Waals surface area contributed by atoms with Gasteiger partial charge in [-0.1, -0.05) is 42.7 Å². The van der Waals surface area contributed by atoms with Crippen molar-refractivity contribution in [2.45, 2.75) is 58.5 Å². The average molecular weight is 274 g/mol. The van der Waals surface area contributed by atoms with E-state index in [-0.39, 0.29) is 0 Å². The number of likely N-dealkylation sites (N-methyl/N-ethyl adjacent to an activating group) is 1. The zero-order valence-electron chi connectivity index (χ0n) is 13.6. The molecule has 1 atom stereocenters. The molecule has 0 radical (unpaired) electrons. The molecule has 0 aliphatic heterocycles. The third-order valence-corrected chi connectivity index (χ3v) is 4.46. The largest absolute Gasteiger partial charge is 0.309 e. The Balaban J connectivity index is 2.08. The van der Waals surface area contributed by atoms with Crippen LogP contribution >= 0.6 is 0 Å². The van der Waals surface area contributed by atoms with Crippen LogP contribution in [-0.4, -0.2) is 31.1 Å². The average Bonchev–Trinajstić information content (AvgIpc) is 2.30. The lowest BCUT2D eigenvalue weighted by Gasteiger charge is -2.37. The minimum atomic E-state index is 0.458. The van der Waals surface area contributed by atoms with E-state index in [0.29, 0.717) is 6.04 Å². The van der Waals surface area contributed by atoms with Crippen molar-refractivity contribution in [1.29, 1.82) is 0 Å². The van der Waals surface area contributed by atoms with Crippen LogP contribution in [-0.2, 0) is 0 Å². The summed E-state index contributed by atoms with van der Waals surface area (Å²) < 4.78 is 0. The second-order valence-corrected chi connectivity index (χ2v) is 6.45. The predicted molar refractivity (Wildman–Crippen MR) is 87.2 cm³/mol. The lowest BCUT2D eigenvalue weighted by Crippen LogP contribution is -2.42. The van der Waals surface area contributed by atoms with Crippen molar-refractivity contribution in [2.75, 3.05) is 20.1 Å². The fraction of sp³-hybridized carbons (Fsp3) is 0.667. The summed E-state index contributed by atoms with van der Waals surface area (Å²) >= 11 is 0. The van der Waals surface area contributed by atoms with E-state index in [0.717, 1.165) is 19.1 Å². The van der Waals surface area contributed by atoms with Crippen LogP contribution in [0.2, 0.25) is 0 Å². The van der Waals surface area contributed by atoms with E-state index in [1.165, 1.54) is 42.4 Å². The Bertz CT molecular complexity index is 403. The summed E-state index contributed by atoms with van der Waals surface area (Å²) in [6, 6.07) is 8.21. The first kappa shape index (κ1) is 15.5. The summed E-state index contributed by atoms with van der Waals surface area (Å²) in [7, 11) is 2.28. The highest BCUT2D eigenvalue weighted by Crippen LogP contribution is 2.26. The molecule has 20 heavy (non-hydrogen) atoms. The highest BCUT2D eigenvalue weighted by Gasteiger charge is 2.24. The van der Waals surface area contributed by atoms with Gasteiger partial charge in [-0.25, -0.2) is 0 Å². The quantitative estimate of drug-likeness (QED) is 0.813. The molecule has 1 aliphatic rings. The molecule has 1 unspecified atom stereocenters. The fourth-order valence-corrected chi connectivity index (χ4v) is 3.08.